The van der Waals surface area contributed by atoms with Crippen LogP contribution in [0.4, 0.5) is 0 Å². The molecule has 1 aromatic heterocycles. The maximum absolute atomic E-state index is 5.72. The summed E-state index contributed by atoms with van der Waals surface area (Å²) in [6, 6.07) is 12.2. The highest BCUT2D eigenvalue weighted by Gasteiger charge is 2.15. The Morgan fingerprint density at radius 3 is 3.00 bits per heavy atom. The normalized spacial score (nSPS) is 18.8. The first kappa shape index (κ1) is 12.4. The van der Waals surface area contributed by atoms with Crippen molar-refractivity contribution < 1.29 is 9.26 Å². The van der Waals surface area contributed by atoms with Gasteiger partial charge in [0, 0.05) is 12.5 Å². The maximum Gasteiger partial charge on any atom is 0.141 e. The number of benzene rings is 1. The van der Waals surface area contributed by atoms with Crippen LogP contribution in [0.25, 0.3) is 0 Å². The Hall–Kier alpha value is -1.65. The summed E-state index contributed by atoms with van der Waals surface area (Å²) in [7, 11) is 0. The lowest BCUT2D eigenvalue weighted by Crippen LogP contribution is -2.24. The van der Waals surface area contributed by atoms with E-state index in [1.807, 2.05) is 24.3 Å². The molecule has 4 heteroatoms. The molecule has 1 aliphatic heterocycles. The molecule has 1 saturated heterocycles. The smallest absolute Gasteiger partial charge is 0.141 e. The average Bonchev–Trinajstić information content (AvgIpc) is 3.09. The van der Waals surface area contributed by atoms with Crippen LogP contribution < -0.4 is 5.32 Å². The number of ether oxygens (including phenoxy) is 1. The average molecular weight is 258 g/mol. The molecule has 4 nitrogen and oxygen atoms in total. The summed E-state index contributed by atoms with van der Waals surface area (Å²) < 4.78 is 11.1. The van der Waals surface area contributed by atoms with Gasteiger partial charge in [-0.15, -0.1) is 0 Å². The van der Waals surface area contributed by atoms with Crippen molar-refractivity contribution >= 4 is 0 Å². The molecule has 0 aliphatic carbocycles. The molecule has 0 spiro atoms. The van der Waals surface area contributed by atoms with Crippen molar-refractivity contribution in [3.63, 3.8) is 0 Å². The van der Waals surface area contributed by atoms with Gasteiger partial charge in [-0.25, -0.2) is 0 Å². The molecule has 0 radical (unpaired) electrons. The zero-order chi connectivity index (χ0) is 12.9. The van der Waals surface area contributed by atoms with E-state index in [1.54, 1.807) is 0 Å². The van der Waals surface area contributed by atoms with E-state index >= 15 is 0 Å². The second kappa shape index (κ2) is 5.99. The number of hydrogen-bond donors (Lipinski definition) is 1. The fourth-order valence-electron chi connectivity index (χ4n) is 2.28. The van der Waals surface area contributed by atoms with Gasteiger partial charge >= 0.3 is 0 Å². The standard InChI is InChI=1S/C15H18N2O2/c1-2-5-12(6-3-1)9-14-10-13(17-19-14)11-18-15-7-4-8-16-15/h1-3,5-6,10,15-16H,4,7-9,11H2/t15-/m1/s1. The number of nitrogens with zero attached hydrogens (tertiary/aromatic N) is 1. The Morgan fingerprint density at radius 2 is 2.21 bits per heavy atom. The first-order chi connectivity index (χ1) is 9.40. The molecule has 0 amide bonds. The molecular formula is C15H18N2O2. The lowest BCUT2D eigenvalue weighted by atomic mass is 10.1. The molecule has 100 valence electrons. The van der Waals surface area contributed by atoms with Crippen LogP contribution >= 0.6 is 0 Å². The molecule has 2 heterocycles. The van der Waals surface area contributed by atoms with Gasteiger partial charge in [-0.3, -0.25) is 5.32 Å². The summed E-state index contributed by atoms with van der Waals surface area (Å²) >= 11 is 0. The van der Waals surface area contributed by atoms with Crippen molar-refractivity contribution in [1.82, 2.24) is 10.5 Å². The van der Waals surface area contributed by atoms with Gasteiger partial charge in [0.05, 0.1) is 6.61 Å². The number of nitrogens with one attached hydrogen (secondary N) is 1. The summed E-state index contributed by atoms with van der Waals surface area (Å²) in [4.78, 5) is 0. The highest BCUT2D eigenvalue weighted by molar-refractivity contribution is 5.20. The summed E-state index contributed by atoms with van der Waals surface area (Å²) in [6.07, 6.45) is 3.21. The van der Waals surface area contributed by atoms with Crippen molar-refractivity contribution in [3.05, 3.63) is 53.4 Å². The molecule has 2 aromatic rings. The fourth-order valence-corrected chi connectivity index (χ4v) is 2.28. The monoisotopic (exact) mass is 258 g/mol. The highest BCUT2D eigenvalue weighted by atomic mass is 16.5. The van der Waals surface area contributed by atoms with Crippen LogP contribution in [0.5, 0.6) is 0 Å². The molecule has 19 heavy (non-hydrogen) atoms. The third kappa shape index (κ3) is 3.43. The van der Waals surface area contributed by atoms with E-state index in [0.29, 0.717) is 6.61 Å². The van der Waals surface area contributed by atoms with E-state index in [0.717, 1.165) is 30.8 Å². The largest absolute Gasteiger partial charge is 0.361 e. The predicted molar refractivity (Wildman–Crippen MR) is 71.6 cm³/mol. The van der Waals surface area contributed by atoms with Crippen LogP contribution in [0.3, 0.4) is 0 Å². The van der Waals surface area contributed by atoms with Crippen LogP contribution in [0, 0.1) is 0 Å². The molecule has 0 unspecified atom stereocenters. The Bertz CT molecular complexity index is 504. The summed E-state index contributed by atoms with van der Waals surface area (Å²) in [5, 5.41) is 7.34. The minimum Gasteiger partial charge on any atom is -0.361 e. The van der Waals surface area contributed by atoms with Crippen LogP contribution in [0.15, 0.2) is 40.9 Å². The number of hydrogen-bond acceptors (Lipinski definition) is 4. The zero-order valence-electron chi connectivity index (χ0n) is 10.8. The van der Waals surface area contributed by atoms with E-state index < -0.39 is 0 Å². The van der Waals surface area contributed by atoms with Crippen LogP contribution in [-0.2, 0) is 17.8 Å². The predicted octanol–water partition coefficient (Wildman–Crippen LogP) is 2.49. The van der Waals surface area contributed by atoms with Gasteiger partial charge < -0.3 is 9.26 Å². The van der Waals surface area contributed by atoms with Crippen molar-refractivity contribution in [2.45, 2.75) is 32.1 Å². The topological polar surface area (TPSA) is 47.3 Å². The molecule has 3 rings (SSSR count). The second-order valence-electron chi connectivity index (χ2n) is 4.84. The Labute approximate surface area is 112 Å². The zero-order valence-corrected chi connectivity index (χ0v) is 10.8. The third-order valence-electron chi connectivity index (χ3n) is 3.28. The first-order valence-electron chi connectivity index (χ1n) is 6.73. The van der Waals surface area contributed by atoms with Crippen LogP contribution in [0.1, 0.15) is 29.9 Å². The van der Waals surface area contributed by atoms with Crippen molar-refractivity contribution in [1.29, 1.82) is 0 Å². The van der Waals surface area contributed by atoms with Crippen molar-refractivity contribution in [2.24, 2.45) is 0 Å². The minimum atomic E-state index is 0.175. The molecule has 0 saturated carbocycles. The maximum atomic E-state index is 5.72. The minimum absolute atomic E-state index is 0.175. The number of aromatic nitrogens is 1. The summed E-state index contributed by atoms with van der Waals surface area (Å²) in [6.45, 7) is 1.55. The Morgan fingerprint density at radius 1 is 1.32 bits per heavy atom. The molecule has 1 N–H and O–H groups in total. The van der Waals surface area contributed by atoms with Crippen molar-refractivity contribution in [3.8, 4) is 0 Å². The van der Waals surface area contributed by atoms with Crippen LogP contribution in [-0.4, -0.2) is 17.9 Å². The molecule has 1 aromatic carbocycles. The van der Waals surface area contributed by atoms with Gasteiger partial charge in [-0.05, 0) is 24.9 Å². The molecular weight excluding hydrogens is 240 g/mol. The van der Waals surface area contributed by atoms with Gasteiger partial charge in [0.15, 0.2) is 0 Å². The molecule has 0 bridgehead atoms. The Kier molecular flexibility index (Phi) is 3.91. The van der Waals surface area contributed by atoms with Gasteiger partial charge in [0.2, 0.25) is 0 Å². The van der Waals surface area contributed by atoms with E-state index in [2.05, 4.69) is 22.6 Å². The lowest BCUT2D eigenvalue weighted by Gasteiger charge is -2.09. The SMILES string of the molecule is c1ccc(Cc2cc(CO[C@@H]3CCCN3)no2)cc1. The van der Waals surface area contributed by atoms with Gasteiger partial charge in [0.1, 0.15) is 17.7 Å². The quantitative estimate of drug-likeness (QED) is 0.895. The van der Waals surface area contributed by atoms with Crippen LogP contribution in [0.2, 0.25) is 0 Å². The Balaban J connectivity index is 1.54. The van der Waals surface area contributed by atoms with Gasteiger partial charge in [-0.2, -0.15) is 0 Å². The van der Waals surface area contributed by atoms with Crippen molar-refractivity contribution in [2.75, 3.05) is 6.54 Å². The van der Waals surface area contributed by atoms with Gasteiger partial charge in [-0.1, -0.05) is 35.5 Å². The van der Waals surface area contributed by atoms with E-state index in [-0.39, 0.29) is 6.23 Å². The molecule has 1 atom stereocenters. The second-order valence-corrected chi connectivity index (χ2v) is 4.84. The van der Waals surface area contributed by atoms with Gasteiger partial charge in [0.25, 0.3) is 0 Å². The summed E-state index contributed by atoms with van der Waals surface area (Å²) in [5.41, 5.74) is 2.09. The van der Waals surface area contributed by atoms with E-state index in [4.69, 9.17) is 9.26 Å². The fraction of sp³-hybridized carbons (Fsp3) is 0.400. The summed E-state index contributed by atoms with van der Waals surface area (Å²) in [5.74, 6) is 0.879. The number of rotatable bonds is 5. The molecule has 1 aliphatic rings. The van der Waals surface area contributed by atoms with E-state index in [1.165, 1.54) is 12.0 Å². The molecule has 1 fully saturated rings. The lowest BCUT2D eigenvalue weighted by molar-refractivity contribution is 0.0281. The highest BCUT2D eigenvalue weighted by Crippen LogP contribution is 2.13. The third-order valence-corrected chi connectivity index (χ3v) is 3.28. The van der Waals surface area contributed by atoms with E-state index in [9.17, 15) is 0 Å². The first-order valence-corrected chi connectivity index (χ1v) is 6.73.